The summed E-state index contributed by atoms with van der Waals surface area (Å²) < 4.78 is 2.30. The molecular formula is C18H24N2OS. The zero-order valence-corrected chi connectivity index (χ0v) is 13.9. The molecule has 1 saturated carbocycles. The molecule has 22 heavy (non-hydrogen) atoms. The molecule has 3 nitrogen and oxygen atoms in total. The van der Waals surface area contributed by atoms with Gasteiger partial charge in [-0.2, -0.15) is 11.8 Å². The Kier molecular flexibility index (Phi) is 3.71. The van der Waals surface area contributed by atoms with Crippen LogP contribution in [-0.4, -0.2) is 27.2 Å². The largest absolute Gasteiger partial charge is 0.385 e. The van der Waals surface area contributed by atoms with Gasteiger partial charge in [0.05, 0.1) is 11.8 Å². The van der Waals surface area contributed by atoms with Crippen molar-refractivity contribution in [2.75, 3.05) is 11.5 Å². The first kappa shape index (κ1) is 14.6. The smallest absolute Gasteiger partial charge is 0.0913 e. The molecular weight excluding hydrogens is 292 g/mol. The van der Waals surface area contributed by atoms with Gasteiger partial charge in [-0.25, -0.2) is 0 Å². The van der Waals surface area contributed by atoms with Crippen LogP contribution < -0.4 is 5.32 Å². The van der Waals surface area contributed by atoms with Crippen LogP contribution in [0.25, 0.3) is 10.9 Å². The predicted molar refractivity (Wildman–Crippen MR) is 93.3 cm³/mol. The fourth-order valence-electron chi connectivity index (χ4n) is 3.45. The minimum atomic E-state index is -0.637. The lowest BCUT2D eigenvalue weighted by Gasteiger charge is -2.32. The maximum atomic E-state index is 11.0. The van der Waals surface area contributed by atoms with Crippen molar-refractivity contribution in [3.05, 3.63) is 36.0 Å². The molecule has 1 aliphatic carbocycles. The molecule has 2 fully saturated rings. The number of nitrogens with one attached hydrogen (secondary N) is 1. The van der Waals surface area contributed by atoms with E-state index in [1.54, 1.807) is 0 Å². The molecule has 1 aromatic heterocycles. The number of thioether (sulfide) groups is 1. The Morgan fingerprint density at radius 2 is 2.05 bits per heavy atom. The van der Waals surface area contributed by atoms with Crippen LogP contribution >= 0.6 is 11.8 Å². The summed E-state index contributed by atoms with van der Waals surface area (Å²) in [7, 11) is 0. The quantitative estimate of drug-likeness (QED) is 0.904. The Balaban J connectivity index is 1.69. The number of hydrogen-bond acceptors (Lipinski definition) is 3. The van der Waals surface area contributed by atoms with Crippen LogP contribution in [0.5, 0.6) is 0 Å². The topological polar surface area (TPSA) is 37.2 Å². The maximum Gasteiger partial charge on any atom is 0.0913 e. The third-order valence-electron chi connectivity index (χ3n) is 5.05. The molecule has 0 bridgehead atoms. The monoisotopic (exact) mass is 316 g/mol. The van der Waals surface area contributed by atoms with Crippen LogP contribution in [0, 0.1) is 0 Å². The molecule has 4 rings (SSSR count). The van der Waals surface area contributed by atoms with Crippen LogP contribution in [0.4, 0.5) is 0 Å². The number of benzene rings is 1. The lowest BCUT2D eigenvalue weighted by atomic mass is 9.88. The Morgan fingerprint density at radius 3 is 2.77 bits per heavy atom. The molecule has 2 aliphatic rings. The highest BCUT2D eigenvalue weighted by atomic mass is 32.2. The van der Waals surface area contributed by atoms with Crippen molar-refractivity contribution in [1.82, 2.24) is 9.88 Å². The van der Waals surface area contributed by atoms with Crippen molar-refractivity contribution in [3.8, 4) is 0 Å². The number of hydrogen-bond donors (Lipinski definition) is 2. The van der Waals surface area contributed by atoms with Crippen molar-refractivity contribution >= 4 is 22.7 Å². The van der Waals surface area contributed by atoms with Gasteiger partial charge in [0.15, 0.2) is 0 Å². The molecule has 2 aromatic rings. The van der Waals surface area contributed by atoms with Gasteiger partial charge in [0.25, 0.3) is 0 Å². The second-order valence-electron chi connectivity index (χ2n) is 6.76. The van der Waals surface area contributed by atoms with E-state index in [9.17, 15) is 5.11 Å². The maximum absolute atomic E-state index is 11.0. The van der Waals surface area contributed by atoms with E-state index in [0.717, 1.165) is 29.9 Å². The second kappa shape index (κ2) is 5.59. The number of aliphatic hydroxyl groups is 1. The molecule has 1 aliphatic heterocycles. The Labute approximate surface area is 136 Å². The summed E-state index contributed by atoms with van der Waals surface area (Å²) in [5.74, 6) is 2.10. The summed E-state index contributed by atoms with van der Waals surface area (Å²) in [6, 6.07) is 9.34. The van der Waals surface area contributed by atoms with Crippen molar-refractivity contribution in [2.45, 2.75) is 50.4 Å². The van der Waals surface area contributed by atoms with E-state index in [4.69, 9.17) is 0 Å². The highest BCUT2D eigenvalue weighted by molar-refractivity contribution is 7.99. The van der Waals surface area contributed by atoms with Gasteiger partial charge < -0.3 is 9.67 Å². The van der Waals surface area contributed by atoms with Gasteiger partial charge in [-0.05, 0) is 67.2 Å². The van der Waals surface area contributed by atoms with E-state index in [1.807, 2.05) is 11.8 Å². The summed E-state index contributed by atoms with van der Waals surface area (Å²) in [6.07, 6.45) is 6.78. The fourth-order valence-corrected chi connectivity index (χ4v) is 4.61. The van der Waals surface area contributed by atoms with Crippen LogP contribution in [0.1, 0.15) is 44.3 Å². The first-order chi connectivity index (χ1) is 10.7. The molecule has 1 atom stereocenters. The predicted octanol–water partition coefficient (Wildman–Crippen LogP) is 3.63. The van der Waals surface area contributed by atoms with Crippen LogP contribution in [0.2, 0.25) is 0 Å². The number of fused-ring (bicyclic) bond motifs is 1. The van der Waals surface area contributed by atoms with Gasteiger partial charge in [0, 0.05) is 17.8 Å². The zero-order valence-electron chi connectivity index (χ0n) is 13.1. The van der Waals surface area contributed by atoms with Gasteiger partial charge in [0.2, 0.25) is 0 Å². The minimum absolute atomic E-state index is 0.303. The van der Waals surface area contributed by atoms with Gasteiger partial charge in [-0.1, -0.05) is 12.1 Å². The van der Waals surface area contributed by atoms with Gasteiger partial charge in [0.1, 0.15) is 0 Å². The molecule has 2 N–H and O–H groups in total. The first-order valence-electron chi connectivity index (χ1n) is 8.33. The summed E-state index contributed by atoms with van der Waals surface area (Å²) in [5.41, 5.74) is 1.67. The molecule has 1 aromatic carbocycles. The van der Waals surface area contributed by atoms with Gasteiger partial charge >= 0.3 is 0 Å². The zero-order chi connectivity index (χ0) is 15.2. The van der Waals surface area contributed by atoms with Crippen molar-refractivity contribution in [3.63, 3.8) is 0 Å². The normalized spacial score (nSPS) is 22.8. The third kappa shape index (κ3) is 2.68. The summed E-state index contributed by atoms with van der Waals surface area (Å²) in [5, 5.41) is 15.9. The van der Waals surface area contributed by atoms with Crippen molar-refractivity contribution in [2.24, 2.45) is 0 Å². The summed E-state index contributed by atoms with van der Waals surface area (Å²) in [4.78, 5) is 0. The highest BCUT2D eigenvalue weighted by Gasteiger charge is 2.32. The summed E-state index contributed by atoms with van der Waals surface area (Å²) >= 11 is 1.94. The van der Waals surface area contributed by atoms with Gasteiger partial charge in [-0.3, -0.25) is 5.32 Å². The van der Waals surface area contributed by atoms with E-state index < -0.39 is 5.60 Å². The van der Waals surface area contributed by atoms with Crippen molar-refractivity contribution < 1.29 is 5.11 Å². The molecule has 2 heterocycles. The second-order valence-corrected chi connectivity index (χ2v) is 7.98. The number of aromatic nitrogens is 1. The molecule has 0 radical (unpaired) electrons. The summed E-state index contributed by atoms with van der Waals surface area (Å²) in [6.45, 7) is 2.22. The molecule has 0 amide bonds. The van der Waals surface area contributed by atoms with E-state index in [2.05, 4.69) is 47.3 Å². The molecule has 1 saturated heterocycles. The Hall–Kier alpha value is -0.970. The molecule has 4 heteroatoms. The van der Waals surface area contributed by atoms with Gasteiger partial charge in [-0.15, -0.1) is 0 Å². The Morgan fingerprint density at radius 1 is 1.27 bits per heavy atom. The number of nitrogens with zero attached hydrogens (tertiary/aromatic N) is 1. The SMILES string of the molecule is CC(NC1CC1)n1ccc2ccc(C3(O)CCSCC3)cc21. The first-order valence-corrected chi connectivity index (χ1v) is 9.48. The molecule has 1 unspecified atom stereocenters. The third-order valence-corrected chi connectivity index (χ3v) is 6.04. The minimum Gasteiger partial charge on any atom is -0.385 e. The average Bonchev–Trinajstić information content (AvgIpc) is 3.23. The van der Waals surface area contributed by atoms with E-state index in [-0.39, 0.29) is 0 Å². The standard InChI is InChI=1S/C18H24N2OS/c1-13(19-16-4-5-16)20-9-6-14-2-3-15(12-17(14)20)18(21)7-10-22-11-8-18/h2-3,6,9,12-13,16,19,21H,4-5,7-8,10-11H2,1H3. The van der Waals surface area contributed by atoms with Crippen LogP contribution in [-0.2, 0) is 5.60 Å². The van der Waals surface area contributed by atoms with E-state index in [0.29, 0.717) is 12.2 Å². The van der Waals surface area contributed by atoms with Crippen LogP contribution in [0.3, 0.4) is 0 Å². The lowest BCUT2D eigenvalue weighted by Crippen LogP contribution is -2.30. The highest BCUT2D eigenvalue weighted by Crippen LogP contribution is 2.37. The van der Waals surface area contributed by atoms with Crippen LogP contribution in [0.15, 0.2) is 30.5 Å². The fraction of sp³-hybridized carbons (Fsp3) is 0.556. The van der Waals surface area contributed by atoms with E-state index >= 15 is 0 Å². The lowest BCUT2D eigenvalue weighted by molar-refractivity contribution is 0.0282. The number of rotatable bonds is 4. The average molecular weight is 316 g/mol. The van der Waals surface area contributed by atoms with E-state index in [1.165, 1.54) is 23.7 Å². The Bertz CT molecular complexity index is 671. The molecule has 118 valence electrons. The van der Waals surface area contributed by atoms with Crippen molar-refractivity contribution in [1.29, 1.82) is 0 Å². The molecule has 0 spiro atoms.